The molecule has 1 aliphatic rings. The maximum atomic E-state index is 11.6. The number of hydrogen-bond acceptors (Lipinski definition) is 4. The summed E-state index contributed by atoms with van der Waals surface area (Å²) in [6.07, 6.45) is 1.70. The van der Waals surface area contributed by atoms with Gasteiger partial charge in [0.15, 0.2) is 0 Å². The summed E-state index contributed by atoms with van der Waals surface area (Å²) in [4.78, 5) is 11.6. The monoisotopic (exact) mass is 238 g/mol. The number of benzene rings is 1. The van der Waals surface area contributed by atoms with Crippen molar-refractivity contribution in [3.63, 3.8) is 0 Å². The molecule has 0 saturated carbocycles. The number of aliphatic hydroxyl groups excluding tert-OH is 1. The van der Waals surface area contributed by atoms with E-state index in [-0.39, 0.29) is 16.7 Å². The summed E-state index contributed by atoms with van der Waals surface area (Å²) in [6, 6.07) is 8.95. The molecule has 0 aliphatic carbocycles. The van der Waals surface area contributed by atoms with Gasteiger partial charge in [0.1, 0.15) is 6.61 Å². The number of esters is 1. The van der Waals surface area contributed by atoms with E-state index in [2.05, 4.69) is 0 Å². The number of ether oxygens (including phenoxy) is 1. The molecule has 2 rings (SSSR count). The van der Waals surface area contributed by atoms with E-state index in [0.717, 1.165) is 12.8 Å². The van der Waals surface area contributed by atoms with Crippen molar-refractivity contribution in [3.8, 4) is 0 Å². The smallest absolute Gasteiger partial charge is 0.338 e. The van der Waals surface area contributed by atoms with E-state index in [4.69, 9.17) is 4.74 Å². The molecule has 0 amide bonds. The Balaban J connectivity index is 1.80. The van der Waals surface area contributed by atoms with Crippen LogP contribution < -0.4 is 0 Å². The third-order valence-corrected chi connectivity index (χ3v) is 3.80. The van der Waals surface area contributed by atoms with E-state index >= 15 is 0 Å². The zero-order valence-corrected chi connectivity index (χ0v) is 9.65. The Hall–Kier alpha value is -1.00. The highest BCUT2D eigenvalue weighted by Gasteiger charge is 2.24. The molecule has 1 aromatic rings. The molecule has 1 N–H and O–H groups in total. The summed E-state index contributed by atoms with van der Waals surface area (Å²) in [5, 5.41) is 9.54. The zero-order chi connectivity index (χ0) is 11.4. The minimum atomic E-state index is -0.291. The van der Waals surface area contributed by atoms with Crippen molar-refractivity contribution in [1.82, 2.24) is 0 Å². The van der Waals surface area contributed by atoms with Crippen molar-refractivity contribution < 1.29 is 14.6 Å². The van der Waals surface area contributed by atoms with Crippen LogP contribution >= 0.6 is 11.8 Å². The van der Waals surface area contributed by atoms with Gasteiger partial charge >= 0.3 is 5.97 Å². The number of carbonyl (C=O) groups excluding carboxylic acids is 1. The van der Waals surface area contributed by atoms with Crippen LogP contribution in [0.4, 0.5) is 0 Å². The molecule has 1 aromatic carbocycles. The van der Waals surface area contributed by atoms with Gasteiger partial charge in [-0.2, -0.15) is 0 Å². The molecule has 3 nitrogen and oxygen atoms in total. The highest BCUT2D eigenvalue weighted by molar-refractivity contribution is 8.00. The number of hydrogen-bond donors (Lipinski definition) is 1. The predicted octanol–water partition coefficient (Wildman–Crippen LogP) is 2.06. The second kappa shape index (κ2) is 5.37. The molecule has 16 heavy (non-hydrogen) atoms. The Labute approximate surface area is 98.8 Å². The van der Waals surface area contributed by atoms with Gasteiger partial charge in [-0.15, -0.1) is 11.8 Å². The predicted molar refractivity (Wildman–Crippen MR) is 63.3 cm³/mol. The van der Waals surface area contributed by atoms with Gasteiger partial charge < -0.3 is 9.84 Å². The van der Waals surface area contributed by atoms with Crippen LogP contribution in [0.15, 0.2) is 30.3 Å². The summed E-state index contributed by atoms with van der Waals surface area (Å²) in [7, 11) is 0. The molecular formula is C12H14O3S. The number of rotatable bonds is 3. The first-order valence-electron chi connectivity index (χ1n) is 5.31. The SMILES string of the molecule is O=C(OC[C@@H]1CCC(O)S1)c1ccccc1. The normalized spacial score (nSPS) is 24.3. The molecule has 0 aromatic heterocycles. The van der Waals surface area contributed by atoms with Crippen LogP contribution in [0.2, 0.25) is 0 Å². The third-order valence-electron chi connectivity index (χ3n) is 2.49. The van der Waals surface area contributed by atoms with Gasteiger partial charge in [0.2, 0.25) is 0 Å². The van der Waals surface area contributed by atoms with Crippen LogP contribution in [0.3, 0.4) is 0 Å². The van der Waals surface area contributed by atoms with Crippen LogP contribution in [0.25, 0.3) is 0 Å². The molecule has 0 radical (unpaired) electrons. The molecule has 1 aliphatic heterocycles. The summed E-state index contributed by atoms with van der Waals surface area (Å²) < 4.78 is 5.19. The minimum Gasteiger partial charge on any atom is -0.461 e. The van der Waals surface area contributed by atoms with Crippen LogP contribution in [0.5, 0.6) is 0 Å². The van der Waals surface area contributed by atoms with Crippen molar-refractivity contribution in [2.75, 3.05) is 6.61 Å². The van der Waals surface area contributed by atoms with Gasteiger partial charge in [0.25, 0.3) is 0 Å². The largest absolute Gasteiger partial charge is 0.461 e. The average molecular weight is 238 g/mol. The van der Waals surface area contributed by atoms with Gasteiger partial charge in [0.05, 0.1) is 11.0 Å². The lowest BCUT2D eigenvalue weighted by atomic mass is 10.2. The van der Waals surface area contributed by atoms with Crippen molar-refractivity contribution in [2.24, 2.45) is 0 Å². The van der Waals surface area contributed by atoms with Gasteiger partial charge in [0, 0.05) is 5.25 Å². The summed E-state index contributed by atoms with van der Waals surface area (Å²) in [6.45, 7) is 0.384. The lowest BCUT2D eigenvalue weighted by Crippen LogP contribution is -2.14. The van der Waals surface area contributed by atoms with Crippen molar-refractivity contribution >= 4 is 17.7 Å². The second-order valence-electron chi connectivity index (χ2n) is 3.75. The van der Waals surface area contributed by atoms with Gasteiger partial charge in [-0.3, -0.25) is 0 Å². The Morgan fingerprint density at radius 3 is 2.75 bits per heavy atom. The third kappa shape index (κ3) is 3.00. The Bertz CT molecular complexity index is 353. The van der Waals surface area contributed by atoms with Gasteiger partial charge in [-0.1, -0.05) is 18.2 Å². The lowest BCUT2D eigenvalue weighted by molar-refractivity contribution is 0.0506. The van der Waals surface area contributed by atoms with Crippen molar-refractivity contribution in [1.29, 1.82) is 0 Å². The van der Waals surface area contributed by atoms with E-state index in [1.54, 1.807) is 12.1 Å². The average Bonchev–Trinajstić information content (AvgIpc) is 2.73. The van der Waals surface area contributed by atoms with Crippen LogP contribution in [-0.2, 0) is 4.74 Å². The second-order valence-corrected chi connectivity index (χ2v) is 5.24. The molecule has 4 heteroatoms. The maximum Gasteiger partial charge on any atom is 0.338 e. The molecular weight excluding hydrogens is 224 g/mol. The maximum absolute atomic E-state index is 11.6. The molecule has 86 valence electrons. The highest BCUT2D eigenvalue weighted by atomic mass is 32.2. The number of thioether (sulfide) groups is 1. The fraction of sp³-hybridized carbons (Fsp3) is 0.417. The fourth-order valence-corrected chi connectivity index (χ4v) is 2.77. The first-order valence-corrected chi connectivity index (χ1v) is 6.25. The van der Waals surface area contributed by atoms with E-state index in [9.17, 15) is 9.90 Å². The molecule has 1 unspecified atom stereocenters. The Kier molecular flexibility index (Phi) is 3.85. The molecule has 2 atom stereocenters. The van der Waals surface area contributed by atoms with Gasteiger partial charge in [-0.25, -0.2) is 4.79 Å². The minimum absolute atomic E-state index is 0.239. The first-order chi connectivity index (χ1) is 7.75. The quantitative estimate of drug-likeness (QED) is 0.819. The summed E-state index contributed by atoms with van der Waals surface area (Å²) in [5.74, 6) is -0.289. The zero-order valence-electron chi connectivity index (χ0n) is 8.83. The van der Waals surface area contributed by atoms with E-state index in [1.807, 2.05) is 18.2 Å². The summed E-state index contributed by atoms with van der Waals surface area (Å²) >= 11 is 1.48. The van der Waals surface area contributed by atoms with Crippen LogP contribution in [-0.4, -0.2) is 28.4 Å². The molecule has 1 heterocycles. The molecule has 1 fully saturated rings. The number of carbonyl (C=O) groups is 1. The number of aliphatic hydroxyl groups is 1. The standard InChI is InChI=1S/C12H14O3S/c13-11-7-6-10(16-11)8-15-12(14)9-4-2-1-3-5-9/h1-5,10-11,13H,6-8H2/t10-,11?/m0/s1. The summed E-state index contributed by atoms with van der Waals surface area (Å²) in [5.41, 5.74) is 0.284. The lowest BCUT2D eigenvalue weighted by Gasteiger charge is -2.09. The van der Waals surface area contributed by atoms with E-state index < -0.39 is 0 Å². The topological polar surface area (TPSA) is 46.5 Å². The first kappa shape index (κ1) is 11.5. The Morgan fingerprint density at radius 1 is 1.38 bits per heavy atom. The molecule has 1 saturated heterocycles. The molecule has 0 bridgehead atoms. The van der Waals surface area contributed by atoms with Crippen molar-refractivity contribution in [3.05, 3.63) is 35.9 Å². The highest BCUT2D eigenvalue weighted by Crippen LogP contribution is 2.31. The van der Waals surface area contributed by atoms with E-state index in [0.29, 0.717) is 12.2 Å². The fourth-order valence-electron chi connectivity index (χ4n) is 1.64. The van der Waals surface area contributed by atoms with Crippen LogP contribution in [0.1, 0.15) is 23.2 Å². The van der Waals surface area contributed by atoms with Crippen molar-refractivity contribution in [2.45, 2.75) is 23.5 Å². The van der Waals surface area contributed by atoms with E-state index in [1.165, 1.54) is 11.8 Å². The van der Waals surface area contributed by atoms with Crippen LogP contribution in [0, 0.1) is 0 Å². The van der Waals surface area contributed by atoms with Gasteiger partial charge in [-0.05, 0) is 25.0 Å². The Morgan fingerprint density at radius 2 is 2.12 bits per heavy atom. The molecule has 0 spiro atoms.